The van der Waals surface area contributed by atoms with E-state index in [1.807, 2.05) is 45.0 Å². The number of aryl methyl sites for hydroxylation is 3. The molecule has 0 saturated carbocycles. The smallest absolute Gasteiger partial charge is 0.273 e. The summed E-state index contributed by atoms with van der Waals surface area (Å²) in [4.78, 5) is 42.4. The Kier molecular flexibility index (Phi) is 7.18. The van der Waals surface area contributed by atoms with Crippen LogP contribution in [0.5, 0.6) is 0 Å². The molecule has 7 nitrogen and oxygen atoms in total. The molecule has 0 radical (unpaired) electrons. The number of hydrogen-bond acceptors (Lipinski definition) is 4. The topological polar surface area (TPSA) is 93.1 Å². The van der Waals surface area contributed by atoms with Gasteiger partial charge in [0.15, 0.2) is 0 Å². The van der Waals surface area contributed by atoms with Crippen molar-refractivity contribution in [3.8, 4) is 0 Å². The molecule has 0 fully saturated rings. The maximum atomic E-state index is 13.1. The van der Waals surface area contributed by atoms with E-state index in [2.05, 4.69) is 15.6 Å². The second-order valence-corrected chi connectivity index (χ2v) is 7.60. The summed E-state index contributed by atoms with van der Waals surface area (Å²) < 4.78 is 1.44. The van der Waals surface area contributed by atoms with Crippen molar-refractivity contribution in [1.29, 1.82) is 0 Å². The fourth-order valence-electron chi connectivity index (χ4n) is 3.48. The molecule has 3 aromatic rings. The number of para-hydroxylation sites is 3. The number of aromatic nitrogens is 2. The van der Waals surface area contributed by atoms with Crippen molar-refractivity contribution < 1.29 is 9.59 Å². The minimum atomic E-state index is -0.348. The van der Waals surface area contributed by atoms with Crippen LogP contribution in [0.4, 0.5) is 5.69 Å². The first kappa shape index (κ1) is 22.2. The summed E-state index contributed by atoms with van der Waals surface area (Å²) >= 11 is 0. The Morgan fingerprint density at radius 3 is 2.42 bits per heavy atom. The van der Waals surface area contributed by atoms with Crippen LogP contribution < -0.4 is 16.2 Å². The van der Waals surface area contributed by atoms with Crippen LogP contribution in [0.15, 0.2) is 47.3 Å². The van der Waals surface area contributed by atoms with E-state index in [4.69, 9.17) is 0 Å². The maximum Gasteiger partial charge on any atom is 0.273 e. The number of nitrogens with zero attached hydrogens (tertiary/aromatic N) is 2. The summed E-state index contributed by atoms with van der Waals surface area (Å²) in [5.41, 5.74) is 3.81. The van der Waals surface area contributed by atoms with Crippen LogP contribution in [0.2, 0.25) is 0 Å². The molecule has 0 atom stereocenters. The lowest BCUT2D eigenvalue weighted by molar-refractivity contribution is -0.121. The van der Waals surface area contributed by atoms with Gasteiger partial charge in [-0.1, -0.05) is 37.3 Å². The molecule has 2 N–H and O–H groups in total. The second kappa shape index (κ2) is 10.0. The average molecular weight is 421 g/mol. The third kappa shape index (κ3) is 5.36. The van der Waals surface area contributed by atoms with Gasteiger partial charge in [-0.15, -0.1) is 0 Å². The van der Waals surface area contributed by atoms with Crippen LogP contribution in [0.25, 0.3) is 11.0 Å². The van der Waals surface area contributed by atoms with Gasteiger partial charge in [-0.05, 0) is 43.5 Å². The van der Waals surface area contributed by atoms with Gasteiger partial charge >= 0.3 is 0 Å². The number of carbonyl (C=O) groups is 2. The molecule has 0 aliphatic heterocycles. The third-order valence-corrected chi connectivity index (χ3v) is 5.13. The van der Waals surface area contributed by atoms with Crippen LogP contribution in [0.1, 0.15) is 36.6 Å². The lowest BCUT2D eigenvalue weighted by Gasteiger charge is -2.14. The van der Waals surface area contributed by atoms with E-state index in [-0.39, 0.29) is 42.5 Å². The molecule has 0 unspecified atom stereocenters. The molecule has 2 amide bonds. The molecule has 1 heterocycles. The summed E-state index contributed by atoms with van der Waals surface area (Å²) in [7, 11) is 0. The van der Waals surface area contributed by atoms with E-state index in [0.29, 0.717) is 17.6 Å². The van der Waals surface area contributed by atoms with Crippen LogP contribution in [0, 0.1) is 13.8 Å². The standard InChI is InChI=1S/C24H28N4O3/c1-4-14-25-21(29)13-12-19-24(31)28(20-11-6-5-10-18(20)26-19)15-22(30)27-23-16(2)8-7-9-17(23)3/h5-11H,4,12-15H2,1-3H3,(H,25,29)(H,27,30). The van der Waals surface area contributed by atoms with Gasteiger partial charge in [-0.2, -0.15) is 0 Å². The normalized spacial score (nSPS) is 10.8. The predicted octanol–water partition coefficient (Wildman–Crippen LogP) is 3.11. The highest BCUT2D eigenvalue weighted by atomic mass is 16.2. The third-order valence-electron chi connectivity index (χ3n) is 5.13. The Balaban J connectivity index is 1.88. The number of carbonyl (C=O) groups excluding carboxylic acids is 2. The molecule has 3 rings (SSSR count). The highest BCUT2D eigenvalue weighted by Crippen LogP contribution is 2.19. The van der Waals surface area contributed by atoms with Crippen LogP contribution in [-0.2, 0) is 22.6 Å². The fourth-order valence-corrected chi connectivity index (χ4v) is 3.48. The van der Waals surface area contributed by atoms with E-state index in [0.717, 1.165) is 23.2 Å². The minimum Gasteiger partial charge on any atom is -0.356 e. The Hall–Kier alpha value is -3.48. The Bertz CT molecular complexity index is 1150. The van der Waals surface area contributed by atoms with Crippen molar-refractivity contribution >= 4 is 28.5 Å². The Morgan fingerprint density at radius 2 is 1.71 bits per heavy atom. The summed E-state index contributed by atoms with van der Waals surface area (Å²) in [5, 5.41) is 5.73. The van der Waals surface area contributed by atoms with Gasteiger partial charge in [0, 0.05) is 25.1 Å². The van der Waals surface area contributed by atoms with Gasteiger partial charge in [-0.25, -0.2) is 4.98 Å². The summed E-state index contributed by atoms with van der Waals surface area (Å²) in [6.07, 6.45) is 1.25. The second-order valence-electron chi connectivity index (χ2n) is 7.60. The average Bonchev–Trinajstić information content (AvgIpc) is 2.75. The number of rotatable bonds is 8. The molecule has 7 heteroatoms. The zero-order valence-corrected chi connectivity index (χ0v) is 18.2. The monoisotopic (exact) mass is 420 g/mol. The molecular weight excluding hydrogens is 392 g/mol. The fraction of sp³-hybridized carbons (Fsp3) is 0.333. The first-order chi connectivity index (χ1) is 14.9. The summed E-state index contributed by atoms with van der Waals surface area (Å²) in [6, 6.07) is 13.0. The molecule has 0 aliphatic rings. The molecule has 0 bridgehead atoms. The Morgan fingerprint density at radius 1 is 1.00 bits per heavy atom. The first-order valence-corrected chi connectivity index (χ1v) is 10.5. The number of anilines is 1. The Labute approximate surface area is 181 Å². The number of amides is 2. The van der Waals surface area contributed by atoms with E-state index < -0.39 is 0 Å². The maximum absolute atomic E-state index is 13.1. The van der Waals surface area contributed by atoms with Crippen molar-refractivity contribution in [2.24, 2.45) is 0 Å². The van der Waals surface area contributed by atoms with E-state index >= 15 is 0 Å². The van der Waals surface area contributed by atoms with Gasteiger partial charge in [0.25, 0.3) is 5.56 Å². The molecule has 0 saturated heterocycles. The van der Waals surface area contributed by atoms with Crippen molar-refractivity contribution in [3.05, 3.63) is 69.6 Å². The number of nitrogens with one attached hydrogen (secondary N) is 2. The van der Waals surface area contributed by atoms with E-state index in [9.17, 15) is 14.4 Å². The molecule has 1 aromatic heterocycles. The van der Waals surface area contributed by atoms with Gasteiger partial charge in [-0.3, -0.25) is 19.0 Å². The van der Waals surface area contributed by atoms with Crippen LogP contribution >= 0.6 is 0 Å². The summed E-state index contributed by atoms with van der Waals surface area (Å²) in [5.74, 6) is -0.405. The lowest BCUT2D eigenvalue weighted by atomic mass is 10.1. The number of hydrogen-bond donors (Lipinski definition) is 2. The summed E-state index contributed by atoms with van der Waals surface area (Å²) in [6.45, 7) is 6.31. The van der Waals surface area contributed by atoms with E-state index in [1.165, 1.54) is 4.57 Å². The van der Waals surface area contributed by atoms with Gasteiger partial charge in [0.1, 0.15) is 12.2 Å². The van der Waals surface area contributed by atoms with Gasteiger partial charge in [0.2, 0.25) is 11.8 Å². The zero-order chi connectivity index (χ0) is 22.4. The highest BCUT2D eigenvalue weighted by molar-refractivity contribution is 5.93. The van der Waals surface area contributed by atoms with Crippen molar-refractivity contribution in [2.45, 2.75) is 46.6 Å². The van der Waals surface area contributed by atoms with Gasteiger partial charge < -0.3 is 10.6 Å². The zero-order valence-electron chi connectivity index (χ0n) is 18.2. The molecule has 31 heavy (non-hydrogen) atoms. The van der Waals surface area contributed by atoms with Crippen molar-refractivity contribution in [3.63, 3.8) is 0 Å². The van der Waals surface area contributed by atoms with E-state index in [1.54, 1.807) is 18.2 Å². The first-order valence-electron chi connectivity index (χ1n) is 10.5. The van der Waals surface area contributed by atoms with Crippen molar-refractivity contribution in [1.82, 2.24) is 14.9 Å². The van der Waals surface area contributed by atoms with Crippen LogP contribution in [-0.4, -0.2) is 27.9 Å². The predicted molar refractivity (Wildman–Crippen MR) is 122 cm³/mol. The molecule has 0 aliphatic carbocycles. The lowest BCUT2D eigenvalue weighted by Crippen LogP contribution is -2.32. The highest BCUT2D eigenvalue weighted by Gasteiger charge is 2.16. The van der Waals surface area contributed by atoms with Crippen molar-refractivity contribution in [2.75, 3.05) is 11.9 Å². The SMILES string of the molecule is CCCNC(=O)CCc1nc2ccccc2n(CC(=O)Nc2c(C)cccc2C)c1=O. The number of benzene rings is 2. The largest absolute Gasteiger partial charge is 0.356 e. The number of fused-ring (bicyclic) bond motifs is 1. The molecular formula is C24H28N4O3. The van der Waals surface area contributed by atoms with Crippen LogP contribution in [0.3, 0.4) is 0 Å². The molecule has 2 aromatic carbocycles. The molecule has 162 valence electrons. The molecule has 0 spiro atoms. The van der Waals surface area contributed by atoms with Gasteiger partial charge in [0.05, 0.1) is 11.0 Å². The quantitative estimate of drug-likeness (QED) is 0.586. The minimum absolute atomic E-state index is 0.115.